The third-order valence-corrected chi connectivity index (χ3v) is 13.5. The van der Waals surface area contributed by atoms with E-state index in [2.05, 4.69) is 183 Å². The topological polar surface area (TPSA) is 12.4 Å². The van der Waals surface area contributed by atoms with Gasteiger partial charge in [-0.15, -0.1) is 6.58 Å². The molecule has 0 saturated carbocycles. The Bertz CT molecular complexity index is 2470. The lowest BCUT2D eigenvalue weighted by molar-refractivity contribution is 0.460. The van der Waals surface area contributed by atoms with Crippen molar-refractivity contribution in [1.82, 2.24) is 0 Å². The Morgan fingerprint density at radius 1 is 0.696 bits per heavy atom. The van der Waals surface area contributed by atoms with Crippen LogP contribution in [0.25, 0.3) is 22.3 Å². The molecule has 4 unspecified atom stereocenters. The van der Waals surface area contributed by atoms with Crippen LogP contribution in [0, 0.1) is 17.8 Å². The molecule has 10 rings (SSSR count). The second-order valence-electron chi connectivity index (χ2n) is 16.4. The zero-order valence-electron chi connectivity index (χ0n) is 32.4. The number of fused-ring (bicyclic) bond motifs is 7. The first-order valence-electron chi connectivity index (χ1n) is 20.7. The van der Waals surface area contributed by atoms with Crippen LogP contribution >= 0.6 is 0 Å². The fourth-order valence-corrected chi connectivity index (χ4v) is 10.7. The van der Waals surface area contributed by atoms with Gasteiger partial charge in [0.1, 0.15) is 0 Å². The summed E-state index contributed by atoms with van der Waals surface area (Å²) in [5, 5.41) is 0. The molecule has 0 N–H and O–H groups in total. The Hall–Kier alpha value is -5.79. The molecule has 4 aliphatic carbocycles. The van der Waals surface area contributed by atoms with Gasteiger partial charge in [0, 0.05) is 29.7 Å². The largest absolute Gasteiger partial charge is 0.257 e. The average molecular weight is 724 g/mol. The van der Waals surface area contributed by atoms with Gasteiger partial charge in [-0.1, -0.05) is 170 Å². The molecule has 1 heteroatoms. The normalized spacial score (nSPS) is 22.2. The highest BCUT2D eigenvalue weighted by atomic mass is 14.8. The van der Waals surface area contributed by atoms with Gasteiger partial charge in [0.15, 0.2) is 0 Å². The van der Waals surface area contributed by atoms with E-state index >= 15 is 0 Å². The standard InChI is InChI=1S/C55H49N/c1-3-38(34-52-37(2)46-23-10-13-26-49(46)55(52)50-27-14-11-24-47(50)48-25-12-15-28-51(48)55)43-21-16-22-44(33-43)39-29-31-40(32-30-39)45-35-53(41-17-6-4-7-18-41)56-54(36-45)42-19-8-5-9-20-42/h3-8,10-18,22-33,36,38,42-43,45H,1,9,19-21,34-35H2,2H3. The summed E-state index contributed by atoms with van der Waals surface area (Å²) in [6.07, 6.45) is 23.0. The smallest absolute Gasteiger partial charge is 0.0685 e. The number of aliphatic imine (C=N–C) groups is 1. The van der Waals surface area contributed by atoms with Gasteiger partial charge in [0.2, 0.25) is 0 Å². The van der Waals surface area contributed by atoms with Gasteiger partial charge in [-0.3, -0.25) is 4.99 Å². The Labute approximate surface area is 333 Å². The summed E-state index contributed by atoms with van der Waals surface area (Å²) in [4.78, 5) is 5.29. The van der Waals surface area contributed by atoms with E-state index in [1.165, 1.54) is 84.6 Å². The van der Waals surface area contributed by atoms with Crippen LogP contribution in [0.3, 0.4) is 0 Å². The van der Waals surface area contributed by atoms with Crippen LogP contribution < -0.4 is 0 Å². The van der Waals surface area contributed by atoms with E-state index in [4.69, 9.17) is 4.99 Å². The summed E-state index contributed by atoms with van der Waals surface area (Å²) in [5.74, 6) is 1.47. The minimum atomic E-state index is -0.284. The van der Waals surface area contributed by atoms with E-state index in [-0.39, 0.29) is 5.41 Å². The molecule has 0 amide bonds. The van der Waals surface area contributed by atoms with E-state index in [9.17, 15) is 0 Å². The van der Waals surface area contributed by atoms with E-state index in [0.717, 1.165) is 32.1 Å². The van der Waals surface area contributed by atoms with Crippen molar-refractivity contribution in [2.45, 2.75) is 56.8 Å². The zero-order valence-corrected chi connectivity index (χ0v) is 32.4. The molecule has 0 bridgehead atoms. The van der Waals surface area contributed by atoms with Crippen molar-refractivity contribution in [1.29, 1.82) is 0 Å². The molecule has 0 radical (unpaired) electrons. The summed E-state index contributed by atoms with van der Waals surface area (Å²) >= 11 is 0. The minimum Gasteiger partial charge on any atom is -0.257 e. The summed E-state index contributed by atoms with van der Waals surface area (Å²) in [7, 11) is 0. The second-order valence-corrected chi connectivity index (χ2v) is 16.4. The molecule has 0 saturated heterocycles. The number of hydrogen-bond acceptors (Lipinski definition) is 1. The maximum Gasteiger partial charge on any atom is 0.0685 e. The van der Waals surface area contributed by atoms with Crippen molar-refractivity contribution < 1.29 is 0 Å². The summed E-state index contributed by atoms with van der Waals surface area (Å²) in [6.45, 7) is 6.85. The average Bonchev–Trinajstić information content (AvgIpc) is 3.71. The third kappa shape index (κ3) is 5.71. The van der Waals surface area contributed by atoms with Gasteiger partial charge in [-0.05, 0) is 118 Å². The molecule has 5 aliphatic rings. The fourth-order valence-electron chi connectivity index (χ4n) is 10.7. The number of rotatable bonds is 8. The van der Waals surface area contributed by atoms with Gasteiger partial charge in [-0.2, -0.15) is 0 Å². The van der Waals surface area contributed by atoms with Gasteiger partial charge in [0.05, 0.1) is 5.41 Å². The number of hydrogen-bond donors (Lipinski definition) is 0. The molecule has 0 fully saturated rings. The lowest BCUT2D eigenvalue weighted by atomic mass is 9.66. The van der Waals surface area contributed by atoms with Crippen LogP contribution in [0.15, 0.2) is 193 Å². The lowest BCUT2D eigenvalue weighted by Gasteiger charge is -2.35. The predicted molar refractivity (Wildman–Crippen MR) is 236 cm³/mol. The molecule has 1 heterocycles. The molecular weight excluding hydrogens is 675 g/mol. The number of allylic oxidation sites excluding steroid dienone is 11. The summed E-state index contributed by atoms with van der Waals surface area (Å²) in [5.41, 5.74) is 18.7. The maximum absolute atomic E-state index is 5.29. The first kappa shape index (κ1) is 34.7. The van der Waals surface area contributed by atoms with Crippen molar-refractivity contribution in [2.24, 2.45) is 22.7 Å². The Kier molecular flexibility index (Phi) is 8.90. The first-order valence-corrected chi connectivity index (χ1v) is 20.7. The van der Waals surface area contributed by atoms with E-state index < -0.39 is 0 Å². The molecule has 1 spiro atoms. The van der Waals surface area contributed by atoms with Crippen molar-refractivity contribution in [2.75, 3.05) is 0 Å². The SMILES string of the molecule is C=CC(CC1=C(C)c2ccccc2C12c1ccccc1-c1ccccc12)C1C=C(c2ccc(C3C=C(C4CC=CCC4)N=C(c4ccccc4)C3)cc2)C=CC1. The monoisotopic (exact) mass is 723 g/mol. The van der Waals surface area contributed by atoms with Crippen molar-refractivity contribution in [3.05, 3.63) is 227 Å². The van der Waals surface area contributed by atoms with Gasteiger partial charge in [0.25, 0.3) is 0 Å². The lowest BCUT2D eigenvalue weighted by Crippen LogP contribution is -2.29. The molecule has 56 heavy (non-hydrogen) atoms. The van der Waals surface area contributed by atoms with Crippen LogP contribution in [0.2, 0.25) is 0 Å². The van der Waals surface area contributed by atoms with Crippen LogP contribution in [-0.2, 0) is 5.41 Å². The molecule has 274 valence electrons. The highest BCUT2D eigenvalue weighted by Gasteiger charge is 2.52. The highest BCUT2D eigenvalue weighted by molar-refractivity contribution is 6.02. The second kappa shape index (κ2) is 14.4. The first-order chi connectivity index (χ1) is 27.6. The molecule has 1 aliphatic heterocycles. The molecule has 5 aromatic carbocycles. The van der Waals surface area contributed by atoms with Gasteiger partial charge < -0.3 is 0 Å². The third-order valence-electron chi connectivity index (χ3n) is 13.5. The quantitative estimate of drug-likeness (QED) is 0.141. The Balaban J connectivity index is 0.953. The van der Waals surface area contributed by atoms with Crippen LogP contribution in [0.4, 0.5) is 0 Å². The van der Waals surface area contributed by atoms with Gasteiger partial charge >= 0.3 is 0 Å². The number of nitrogens with zero attached hydrogens (tertiary/aromatic N) is 1. The van der Waals surface area contributed by atoms with Crippen molar-refractivity contribution in [3.8, 4) is 11.1 Å². The molecule has 1 nitrogen and oxygen atoms in total. The molecular formula is C55H49N. The van der Waals surface area contributed by atoms with E-state index in [1.54, 1.807) is 0 Å². The molecule has 5 aromatic rings. The predicted octanol–water partition coefficient (Wildman–Crippen LogP) is 13.9. The van der Waals surface area contributed by atoms with Crippen molar-refractivity contribution >= 4 is 16.9 Å². The van der Waals surface area contributed by atoms with E-state index in [1.807, 2.05) is 0 Å². The van der Waals surface area contributed by atoms with Crippen LogP contribution in [0.1, 0.15) is 90.3 Å². The maximum atomic E-state index is 5.29. The summed E-state index contributed by atoms with van der Waals surface area (Å²) in [6, 6.07) is 47.6. The Morgan fingerprint density at radius 2 is 1.36 bits per heavy atom. The van der Waals surface area contributed by atoms with Gasteiger partial charge in [-0.25, -0.2) is 0 Å². The molecule has 4 atom stereocenters. The van der Waals surface area contributed by atoms with Crippen molar-refractivity contribution in [3.63, 3.8) is 0 Å². The number of benzene rings is 5. The molecule has 0 aromatic heterocycles. The highest BCUT2D eigenvalue weighted by Crippen LogP contribution is 2.63. The van der Waals surface area contributed by atoms with Crippen LogP contribution in [-0.4, -0.2) is 5.71 Å². The van der Waals surface area contributed by atoms with Crippen LogP contribution in [0.5, 0.6) is 0 Å². The van der Waals surface area contributed by atoms with E-state index in [0.29, 0.717) is 23.7 Å². The summed E-state index contributed by atoms with van der Waals surface area (Å²) < 4.78 is 0. The zero-order chi connectivity index (χ0) is 37.6. The minimum absolute atomic E-state index is 0.284. The Morgan fingerprint density at radius 3 is 2.04 bits per heavy atom. The fraction of sp³-hybridized carbons (Fsp3) is 0.218.